The lowest BCUT2D eigenvalue weighted by Crippen LogP contribution is -2.52. The highest BCUT2D eigenvalue weighted by Gasteiger charge is 2.38. The number of esters is 2. The zero-order valence-corrected chi connectivity index (χ0v) is 29.9. The number of benzene rings is 2. The third kappa shape index (κ3) is 9.53. The first-order valence-electron chi connectivity index (χ1n) is 16.2. The van der Waals surface area contributed by atoms with Gasteiger partial charge in [0.2, 0.25) is 0 Å². The van der Waals surface area contributed by atoms with Crippen LogP contribution in [0.3, 0.4) is 0 Å². The number of rotatable bonds is 14. The van der Waals surface area contributed by atoms with Crippen LogP contribution in [0.5, 0.6) is 11.5 Å². The lowest BCUT2D eigenvalue weighted by atomic mass is 9.86. The van der Waals surface area contributed by atoms with E-state index in [2.05, 4.69) is 19.9 Å². The van der Waals surface area contributed by atoms with Crippen LogP contribution in [0, 0.1) is 5.92 Å². The van der Waals surface area contributed by atoms with Crippen molar-refractivity contribution in [3.63, 3.8) is 0 Å². The molecule has 2 aromatic heterocycles. The predicted molar refractivity (Wildman–Crippen MR) is 186 cm³/mol. The number of ether oxygens (including phenoxy) is 4. The number of thiophene rings is 1. The zero-order chi connectivity index (χ0) is 35.2. The van der Waals surface area contributed by atoms with E-state index in [1.165, 1.54) is 36.6 Å². The second-order valence-electron chi connectivity index (χ2n) is 12.1. The van der Waals surface area contributed by atoms with Gasteiger partial charge in [0.05, 0.1) is 7.11 Å². The van der Waals surface area contributed by atoms with Crippen molar-refractivity contribution in [3.8, 4) is 11.5 Å². The molecule has 10 nitrogen and oxygen atoms in total. The number of hydrogen-bond donors (Lipinski definition) is 1. The lowest BCUT2D eigenvalue weighted by Gasteiger charge is -2.44. The molecule has 7 rings (SSSR count). The van der Waals surface area contributed by atoms with Crippen LogP contribution in [0.25, 0.3) is 0 Å². The minimum Gasteiger partial charge on any atom is -0.870 e. The number of nitrogens with one attached hydrogen (secondary N) is 2. The first-order valence-corrected chi connectivity index (χ1v) is 17.7. The number of carbonyl (C=O) groups excluding carboxylic acids is 2. The van der Waals surface area contributed by atoms with Crippen molar-refractivity contribution in [3.05, 3.63) is 110 Å². The van der Waals surface area contributed by atoms with Crippen LogP contribution >= 0.6 is 34.5 Å². The zero-order valence-electron chi connectivity index (χ0n) is 27.5. The molecule has 2 bridgehead atoms. The van der Waals surface area contributed by atoms with E-state index >= 15 is 0 Å². The average Bonchev–Trinajstić information content (AvgIpc) is 3.60. The Hall–Kier alpha value is -3.85. The van der Waals surface area contributed by atoms with Gasteiger partial charge in [-0.3, -0.25) is 10.2 Å². The van der Waals surface area contributed by atoms with Crippen LogP contribution in [0.1, 0.15) is 56.2 Å². The summed E-state index contributed by atoms with van der Waals surface area (Å²) < 4.78 is 47.9. The molecule has 3 saturated heterocycles. The second kappa shape index (κ2) is 17.6. The normalized spacial score (nSPS) is 19.1. The van der Waals surface area contributed by atoms with Crippen LogP contribution in [0.15, 0.2) is 73.1 Å². The molecular formula is C36H37Cl2F2N3O7S. The molecule has 272 valence electrons. The minimum absolute atomic E-state index is 0. The number of carbonyl (C=O) groups is 2. The molecule has 4 aromatic rings. The number of halogens is 4. The number of aromatic amines is 1. The Morgan fingerprint density at radius 1 is 1.00 bits per heavy atom. The van der Waals surface area contributed by atoms with Gasteiger partial charge in [-0.1, -0.05) is 59.6 Å². The van der Waals surface area contributed by atoms with Crippen molar-refractivity contribution >= 4 is 46.5 Å². The van der Waals surface area contributed by atoms with Crippen molar-refractivity contribution in [1.29, 1.82) is 0 Å². The van der Waals surface area contributed by atoms with Crippen molar-refractivity contribution < 1.29 is 47.8 Å². The molecule has 15 heteroatoms. The Balaban J connectivity index is 0.00000504. The molecule has 5 heterocycles. The van der Waals surface area contributed by atoms with Gasteiger partial charge < -0.3 is 24.4 Å². The molecule has 0 radical (unpaired) electrons. The summed E-state index contributed by atoms with van der Waals surface area (Å²) in [6.07, 6.45) is 4.20. The molecule has 3 atom stereocenters. The van der Waals surface area contributed by atoms with E-state index in [0.717, 1.165) is 42.9 Å². The molecule has 3 aliphatic rings. The fourth-order valence-electron chi connectivity index (χ4n) is 6.38. The van der Waals surface area contributed by atoms with Crippen LogP contribution in [0.4, 0.5) is 8.78 Å². The van der Waals surface area contributed by atoms with Crippen LogP contribution in [0.2, 0.25) is 10.0 Å². The monoisotopic (exact) mass is 763 g/mol. The Morgan fingerprint density at radius 3 is 2.37 bits per heavy atom. The third-order valence-electron chi connectivity index (χ3n) is 8.99. The number of piperidine rings is 3. The SMILES string of the molecule is COc1cc([C@H](Cc2c(Cl)c[nH+]cc2Cl)OC(=O)c2ccc(CNC(C(=O)OC3CN4CCC3CC4)c3ccccc3)s2)ccc1OC(F)F.[OH-]. The lowest BCUT2D eigenvalue weighted by molar-refractivity contribution is -0.377. The second-order valence-corrected chi connectivity index (χ2v) is 14.1. The van der Waals surface area contributed by atoms with E-state index in [1.54, 1.807) is 24.5 Å². The molecular weight excluding hydrogens is 727 g/mol. The number of alkyl halides is 2. The van der Waals surface area contributed by atoms with Gasteiger partial charge in [0.25, 0.3) is 0 Å². The summed E-state index contributed by atoms with van der Waals surface area (Å²) in [5.41, 5.74) is 1.75. The highest BCUT2D eigenvalue weighted by Crippen LogP contribution is 2.37. The molecule has 3 fully saturated rings. The summed E-state index contributed by atoms with van der Waals surface area (Å²) in [5, 5.41) is 3.99. The van der Waals surface area contributed by atoms with Gasteiger partial charge in [-0.05, 0) is 67.2 Å². The first kappa shape index (κ1) is 38.4. The highest BCUT2D eigenvalue weighted by molar-refractivity contribution is 7.13. The van der Waals surface area contributed by atoms with E-state index < -0.39 is 24.7 Å². The molecule has 0 aliphatic carbocycles. The molecule has 0 saturated carbocycles. The van der Waals surface area contributed by atoms with E-state index in [9.17, 15) is 18.4 Å². The molecule has 51 heavy (non-hydrogen) atoms. The summed E-state index contributed by atoms with van der Waals surface area (Å²) in [7, 11) is 1.32. The third-order valence-corrected chi connectivity index (χ3v) is 10.7. The summed E-state index contributed by atoms with van der Waals surface area (Å²) >= 11 is 14.1. The van der Waals surface area contributed by atoms with Gasteiger partial charge in [-0.15, -0.1) is 11.3 Å². The van der Waals surface area contributed by atoms with Gasteiger partial charge in [0.15, 0.2) is 23.9 Å². The van der Waals surface area contributed by atoms with Crippen LogP contribution < -0.4 is 19.8 Å². The quantitative estimate of drug-likeness (QED) is 0.136. The largest absolute Gasteiger partial charge is 0.870 e. The van der Waals surface area contributed by atoms with Gasteiger partial charge >= 0.3 is 18.6 Å². The number of aromatic nitrogens is 1. The number of fused-ring (bicyclic) bond motifs is 3. The summed E-state index contributed by atoms with van der Waals surface area (Å²) in [5.74, 6) is -0.697. The highest BCUT2D eigenvalue weighted by atomic mass is 35.5. The maximum Gasteiger partial charge on any atom is 0.387 e. The van der Waals surface area contributed by atoms with Gasteiger partial charge in [0.1, 0.15) is 33.2 Å². The van der Waals surface area contributed by atoms with E-state index in [1.807, 2.05) is 30.3 Å². The molecule has 2 aromatic carbocycles. The maximum absolute atomic E-state index is 13.6. The molecule has 3 aliphatic heterocycles. The van der Waals surface area contributed by atoms with E-state index in [0.29, 0.717) is 38.5 Å². The number of pyridine rings is 1. The fourth-order valence-corrected chi connectivity index (χ4v) is 7.75. The Bertz CT molecular complexity index is 1770. The topological polar surface area (TPSA) is 130 Å². The maximum atomic E-state index is 13.6. The van der Waals surface area contributed by atoms with Crippen molar-refractivity contribution in [2.45, 2.75) is 50.7 Å². The van der Waals surface area contributed by atoms with Gasteiger partial charge in [0, 0.05) is 30.0 Å². The fraction of sp³-hybridized carbons (Fsp3) is 0.361. The van der Waals surface area contributed by atoms with E-state index in [-0.39, 0.29) is 35.5 Å². The standard InChI is InChI=1S/C36H35Cl2F2N3O6S.H2O/c1-46-30-15-23(7-9-28(30)49-36(39)40)29(16-25-26(37)18-41-19-27(25)38)47-34(44)32-10-8-24(50-32)17-42-33(22-5-3-2-4-6-22)35(45)48-31-20-43-13-11-21(31)12-14-43;/h2-10,15,18-19,21,29,31,33,36,42H,11-14,16-17,20H2,1H3;1H2/t29-,31?,33?;/m0./s1. The summed E-state index contributed by atoms with van der Waals surface area (Å²) in [4.78, 5) is 33.4. The average molecular weight is 765 g/mol. The van der Waals surface area contributed by atoms with Crippen molar-refractivity contribution in [1.82, 2.24) is 10.2 Å². The first-order chi connectivity index (χ1) is 24.2. The van der Waals surface area contributed by atoms with Crippen molar-refractivity contribution in [2.75, 3.05) is 26.7 Å². The van der Waals surface area contributed by atoms with Gasteiger partial charge in [-0.25, -0.2) is 14.6 Å². The predicted octanol–water partition coefficient (Wildman–Crippen LogP) is 6.91. The Morgan fingerprint density at radius 2 is 1.73 bits per heavy atom. The smallest absolute Gasteiger partial charge is 0.387 e. The van der Waals surface area contributed by atoms with Crippen LogP contribution in [-0.2, 0) is 27.2 Å². The molecule has 0 amide bonds. The summed E-state index contributed by atoms with van der Waals surface area (Å²) in [6.45, 7) is 0.0999. The Labute approximate surface area is 307 Å². The number of H-pyrrole nitrogens is 1. The number of hydrogen-bond acceptors (Lipinski definition) is 10. The summed E-state index contributed by atoms with van der Waals surface area (Å²) in [6, 6.07) is 16.5. The number of nitrogens with zero attached hydrogens (tertiary/aromatic N) is 1. The number of methoxy groups -OCH3 is 1. The van der Waals surface area contributed by atoms with Gasteiger partial charge in [-0.2, -0.15) is 8.78 Å². The Kier molecular flexibility index (Phi) is 13.2. The molecule has 0 spiro atoms. The minimum atomic E-state index is -3.05. The van der Waals surface area contributed by atoms with Crippen molar-refractivity contribution in [2.24, 2.45) is 5.92 Å². The van der Waals surface area contributed by atoms with E-state index in [4.69, 9.17) is 37.4 Å². The molecule has 3 N–H and O–H groups in total. The van der Waals surface area contributed by atoms with Crippen LogP contribution in [-0.4, -0.2) is 61.8 Å². The molecule has 2 unspecified atom stereocenters.